The van der Waals surface area contributed by atoms with E-state index < -0.39 is 0 Å². The SMILES string of the molecule is CCSC(C(=O)NCC1CNC1)C(C)C.Cl. The van der Waals surface area contributed by atoms with Gasteiger partial charge in [-0.2, -0.15) is 0 Å². The summed E-state index contributed by atoms with van der Waals surface area (Å²) in [7, 11) is 0. The molecule has 2 N–H and O–H groups in total. The molecular formula is C11H23ClN2OS. The molecule has 1 atom stereocenters. The van der Waals surface area contributed by atoms with E-state index in [9.17, 15) is 4.79 Å². The molecule has 1 heterocycles. The van der Waals surface area contributed by atoms with Gasteiger partial charge in [-0.1, -0.05) is 20.8 Å². The van der Waals surface area contributed by atoms with E-state index in [-0.39, 0.29) is 23.6 Å². The normalized spacial score (nSPS) is 17.5. The van der Waals surface area contributed by atoms with Gasteiger partial charge in [0.1, 0.15) is 0 Å². The Hall–Kier alpha value is 0.0700. The third-order valence-electron chi connectivity index (χ3n) is 2.64. The van der Waals surface area contributed by atoms with E-state index in [2.05, 4.69) is 31.4 Å². The molecule has 0 radical (unpaired) electrons. The fourth-order valence-corrected chi connectivity index (χ4v) is 2.57. The summed E-state index contributed by atoms with van der Waals surface area (Å²) in [6.45, 7) is 9.25. The predicted octanol–water partition coefficient (Wildman–Crippen LogP) is 1.52. The Labute approximate surface area is 109 Å². The molecule has 16 heavy (non-hydrogen) atoms. The Morgan fingerprint density at radius 2 is 2.12 bits per heavy atom. The summed E-state index contributed by atoms with van der Waals surface area (Å²) in [6.07, 6.45) is 0. The zero-order chi connectivity index (χ0) is 11.3. The molecule has 0 bridgehead atoms. The number of halogens is 1. The summed E-state index contributed by atoms with van der Waals surface area (Å²) in [5, 5.41) is 6.37. The second-order valence-corrected chi connectivity index (χ2v) is 5.81. The summed E-state index contributed by atoms with van der Waals surface area (Å²) in [6, 6.07) is 0. The smallest absolute Gasteiger partial charge is 0.233 e. The van der Waals surface area contributed by atoms with Gasteiger partial charge in [-0.15, -0.1) is 24.2 Å². The van der Waals surface area contributed by atoms with Gasteiger partial charge in [0.15, 0.2) is 0 Å². The lowest BCUT2D eigenvalue weighted by Gasteiger charge is -2.28. The van der Waals surface area contributed by atoms with Crippen molar-refractivity contribution in [2.75, 3.05) is 25.4 Å². The lowest BCUT2D eigenvalue weighted by Crippen LogP contribution is -2.49. The number of amides is 1. The maximum absolute atomic E-state index is 11.9. The van der Waals surface area contributed by atoms with Crippen LogP contribution in [0.1, 0.15) is 20.8 Å². The second-order valence-electron chi connectivity index (χ2n) is 4.39. The summed E-state index contributed by atoms with van der Waals surface area (Å²) in [5.41, 5.74) is 0. The van der Waals surface area contributed by atoms with Crippen LogP contribution in [0, 0.1) is 11.8 Å². The van der Waals surface area contributed by atoms with Crippen molar-refractivity contribution in [3.8, 4) is 0 Å². The summed E-state index contributed by atoms with van der Waals surface area (Å²) >= 11 is 1.74. The quantitative estimate of drug-likeness (QED) is 0.766. The molecule has 1 amide bonds. The van der Waals surface area contributed by atoms with Crippen molar-refractivity contribution in [1.82, 2.24) is 10.6 Å². The Morgan fingerprint density at radius 1 is 1.50 bits per heavy atom. The van der Waals surface area contributed by atoms with E-state index >= 15 is 0 Å². The number of hydrogen-bond acceptors (Lipinski definition) is 3. The highest BCUT2D eigenvalue weighted by atomic mass is 35.5. The number of carbonyl (C=O) groups excluding carboxylic acids is 1. The van der Waals surface area contributed by atoms with Crippen molar-refractivity contribution in [2.24, 2.45) is 11.8 Å². The topological polar surface area (TPSA) is 41.1 Å². The van der Waals surface area contributed by atoms with Crippen molar-refractivity contribution < 1.29 is 4.79 Å². The van der Waals surface area contributed by atoms with Gasteiger partial charge in [-0.25, -0.2) is 0 Å². The molecule has 0 saturated carbocycles. The van der Waals surface area contributed by atoms with Crippen molar-refractivity contribution in [3.05, 3.63) is 0 Å². The van der Waals surface area contributed by atoms with Crippen molar-refractivity contribution in [2.45, 2.75) is 26.0 Å². The first-order valence-electron chi connectivity index (χ1n) is 5.75. The van der Waals surface area contributed by atoms with Gasteiger partial charge in [0.25, 0.3) is 0 Å². The molecule has 96 valence electrons. The van der Waals surface area contributed by atoms with Gasteiger partial charge in [0.05, 0.1) is 5.25 Å². The number of rotatable bonds is 6. The summed E-state index contributed by atoms with van der Waals surface area (Å²) in [5.74, 6) is 2.27. The van der Waals surface area contributed by atoms with Crippen LogP contribution in [0.3, 0.4) is 0 Å². The molecule has 0 aromatic heterocycles. The third kappa shape index (κ3) is 4.93. The van der Waals surface area contributed by atoms with E-state index in [0.29, 0.717) is 11.8 Å². The number of nitrogens with one attached hydrogen (secondary N) is 2. The van der Waals surface area contributed by atoms with E-state index in [1.54, 1.807) is 11.8 Å². The van der Waals surface area contributed by atoms with Gasteiger partial charge in [0, 0.05) is 25.6 Å². The van der Waals surface area contributed by atoms with Crippen LogP contribution < -0.4 is 10.6 Å². The maximum atomic E-state index is 11.9. The summed E-state index contributed by atoms with van der Waals surface area (Å²) < 4.78 is 0. The highest BCUT2D eigenvalue weighted by Gasteiger charge is 2.23. The first-order valence-corrected chi connectivity index (χ1v) is 6.80. The van der Waals surface area contributed by atoms with Crippen LogP contribution in [0.2, 0.25) is 0 Å². The number of thioether (sulfide) groups is 1. The molecule has 1 aliphatic rings. The van der Waals surface area contributed by atoms with Crippen LogP contribution in [0.4, 0.5) is 0 Å². The zero-order valence-electron chi connectivity index (χ0n) is 10.3. The van der Waals surface area contributed by atoms with Crippen molar-refractivity contribution in [3.63, 3.8) is 0 Å². The minimum Gasteiger partial charge on any atom is -0.355 e. The van der Waals surface area contributed by atoms with Gasteiger partial charge >= 0.3 is 0 Å². The minimum absolute atomic E-state index is 0. The van der Waals surface area contributed by atoms with Crippen LogP contribution in [0.5, 0.6) is 0 Å². The van der Waals surface area contributed by atoms with Crippen molar-refractivity contribution >= 4 is 30.1 Å². The Bertz CT molecular complexity index is 210. The average molecular weight is 267 g/mol. The van der Waals surface area contributed by atoms with Gasteiger partial charge in [-0.05, 0) is 11.7 Å². The van der Waals surface area contributed by atoms with Crippen LogP contribution in [0.15, 0.2) is 0 Å². The van der Waals surface area contributed by atoms with Gasteiger partial charge < -0.3 is 10.6 Å². The van der Waals surface area contributed by atoms with Gasteiger partial charge in [0.2, 0.25) is 5.91 Å². The Morgan fingerprint density at radius 3 is 2.50 bits per heavy atom. The first-order chi connectivity index (χ1) is 7.15. The molecule has 3 nitrogen and oxygen atoms in total. The molecule has 5 heteroatoms. The molecule has 0 aromatic rings. The molecular weight excluding hydrogens is 244 g/mol. The molecule has 0 spiro atoms. The van der Waals surface area contributed by atoms with Crippen LogP contribution in [0.25, 0.3) is 0 Å². The standard InChI is InChI=1S/C11H22N2OS.ClH/c1-4-15-10(8(2)3)11(14)13-7-9-5-12-6-9;/h8-10,12H,4-7H2,1-3H3,(H,13,14);1H. The molecule has 0 aromatic carbocycles. The van der Waals surface area contributed by atoms with E-state index in [1.807, 2.05) is 0 Å². The third-order valence-corrected chi connectivity index (χ3v) is 4.09. The molecule has 0 aliphatic carbocycles. The Balaban J connectivity index is 0.00000225. The van der Waals surface area contributed by atoms with Gasteiger partial charge in [-0.3, -0.25) is 4.79 Å². The molecule has 1 rings (SSSR count). The molecule has 1 fully saturated rings. The van der Waals surface area contributed by atoms with E-state index in [1.165, 1.54) is 0 Å². The number of hydrogen-bond donors (Lipinski definition) is 2. The largest absolute Gasteiger partial charge is 0.355 e. The second kappa shape index (κ2) is 8.20. The molecule has 1 saturated heterocycles. The fraction of sp³-hybridized carbons (Fsp3) is 0.909. The van der Waals surface area contributed by atoms with Crippen LogP contribution in [-0.2, 0) is 4.79 Å². The van der Waals surface area contributed by atoms with E-state index in [0.717, 1.165) is 25.4 Å². The van der Waals surface area contributed by atoms with Crippen molar-refractivity contribution in [1.29, 1.82) is 0 Å². The Kier molecular flexibility index (Phi) is 8.24. The van der Waals surface area contributed by atoms with Crippen LogP contribution >= 0.6 is 24.2 Å². The summed E-state index contributed by atoms with van der Waals surface area (Å²) in [4.78, 5) is 11.9. The average Bonchev–Trinajstić information content (AvgIpc) is 2.10. The molecule has 1 aliphatic heterocycles. The fourth-order valence-electron chi connectivity index (χ4n) is 1.59. The van der Waals surface area contributed by atoms with Crippen LogP contribution in [-0.4, -0.2) is 36.5 Å². The highest BCUT2D eigenvalue weighted by molar-refractivity contribution is 8.00. The lowest BCUT2D eigenvalue weighted by molar-refractivity contribution is -0.121. The lowest BCUT2D eigenvalue weighted by atomic mass is 10.0. The monoisotopic (exact) mass is 266 g/mol. The van der Waals surface area contributed by atoms with E-state index in [4.69, 9.17) is 0 Å². The first kappa shape index (κ1) is 16.1. The zero-order valence-corrected chi connectivity index (χ0v) is 11.9. The minimum atomic E-state index is 0. The maximum Gasteiger partial charge on any atom is 0.233 e. The molecule has 1 unspecified atom stereocenters. The highest BCUT2D eigenvalue weighted by Crippen LogP contribution is 2.19. The predicted molar refractivity (Wildman–Crippen MR) is 73.4 cm³/mol. The number of carbonyl (C=O) groups is 1.